The van der Waals surface area contributed by atoms with Gasteiger partial charge in [0.2, 0.25) is 0 Å². The van der Waals surface area contributed by atoms with Gasteiger partial charge in [0.15, 0.2) is 0 Å². The molecule has 114 valence electrons. The molecule has 0 aliphatic rings. The molecule has 0 radical (unpaired) electrons. The topological polar surface area (TPSA) is 77.8 Å². The Labute approximate surface area is 128 Å². The molecular weight excluding hydrogens is 287 g/mol. The molecule has 0 aliphatic heterocycles. The minimum Gasteiger partial charge on any atom is -0.330 e. The molecule has 1 atom stereocenters. The van der Waals surface area contributed by atoms with Crippen LogP contribution in [-0.2, 0) is 6.42 Å². The van der Waals surface area contributed by atoms with Crippen molar-refractivity contribution in [2.24, 2.45) is 11.5 Å². The minimum atomic E-state index is -0.231. The van der Waals surface area contributed by atoms with Gasteiger partial charge in [-0.25, -0.2) is 9.37 Å². The van der Waals surface area contributed by atoms with Crippen LogP contribution >= 0.6 is 11.5 Å². The largest absolute Gasteiger partial charge is 0.330 e. The summed E-state index contributed by atoms with van der Waals surface area (Å²) >= 11 is 1.36. The molecular formula is C15H21FN4S. The molecule has 0 fully saturated rings. The molecule has 1 aromatic carbocycles. The van der Waals surface area contributed by atoms with Crippen LogP contribution in [0, 0.1) is 5.82 Å². The molecule has 1 heterocycles. The van der Waals surface area contributed by atoms with Crippen molar-refractivity contribution in [1.82, 2.24) is 9.36 Å². The molecule has 0 spiro atoms. The van der Waals surface area contributed by atoms with Crippen molar-refractivity contribution < 1.29 is 4.39 Å². The molecule has 0 saturated carbocycles. The average molecular weight is 308 g/mol. The van der Waals surface area contributed by atoms with Crippen LogP contribution in [0.2, 0.25) is 0 Å². The van der Waals surface area contributed by atoms with Crippen LogP contribution in [0.15, 0.2) is 24.3 Å². The second-order valence-corrected chi connectivity index (χ2v) is 5.88. The van der Waals surface area contributed by atoms with Crippen LogP contribution in [0.1, 0.15) is 48.1 Å². The summed E-state index contributed by atoms with van der Waals surface area (Å²) in [6.07, 6.45) is 4.72. The van der Waals surface area contributed by atoms with E-state index >= 15 is 0 Å². The van der Waals surface area contributed by atoms with Gasteiger partial charge < -0.3 is 11.5 Å². The van der Waals surface area contributed by atoms with Gasteiger partial charge in [-0.1, -0.05) is 25.0 Å². The van der Waals surface area contributed by atoms with Crippen LogP contribution in [0.4, 0.5) is 4.39 Å². The molecule has 2 aromatic rings. The number of unbranched alkanes of at least 4 members (excludes halogenated alkanes) is 2. The van der Waals surface area contributed by atoms with E-state index < -0.39 is 0 Å². The first-order valence-corrected chi connectivity index (χ1v) is 7.99. The van der Waals surface area contributed by atoms with E-state index in [2.05, 4.69) is 9.36 Å². The second-order valence-electron chi connectivity index (χ2n) is 5.10. The third-order valence-electron chi connectivity index (χ3n) is 3.30. The number of rotatable bonds is 8. The normalized spacial score (nSPS) is 12.5. The lowest BCUT2D eigenvalue weighted by Crippen LogP contribution is -2.10. The summed E-state index contributed by atoms with van der Waals surface area (Å²) in [6.45, 7) is 0.732. The highest BCUT2D eigenvalue weighted by Crippen LogP contribution is 2.20. The highest BCUT2D eigenvalue weighted by atomic mass is 32.1. The Kier molecular flexibility index (Phi) is 6.22. The summed E-state index contributed by atoms with van der Waals surface area (Å²) in [5.74, 6) is 0.518. The monoisotopic (exact) mass is 308 g/mol. The number of aromatic nitrogens is 2. The Bertz CT molecular complexity index is 541. The lowest BCUT2D eigenvalue weighted by atomic mass is 10.1. The Hall–Kier alpha value is -1.37. The van der Waals surface area contributed by atoms with Gasteiger partial charge in [-0.15, -0.1) is 0 Å². The van der Waals surface area contributed by atoms with E-state index in [1.54, 1.807) is 12.1 Å². The van der Waals surface area contributed by atoms with E-state index in [0.717, 1.165) is 48.6 Å². The molecule has 0 bridgehead atoms. The predicted molar refractivity (Wildman–Crippen MR) is 83.6 cm³/mol. The highest BCUT2D eigenvalue weighted by Gasteiger charge is 2.12. The van der Waals surface area contributed by atoms with Gasteiger partial charge in [-0.2, -0.15) is 4.37 Å². The first-order chi connectivity index (χ1) is 10.2. The van der Waals surface area contributed by atoms with Crippen LogP contribution in [0.5, 0.6) is 0 Å². The van der Waals surface area contributed by atoms with Crippen molar-refractivity contribution in [2.45, 2.75) is 38.1 Å². The zero-order valence-corrected chi connectivity index (χ0v) is 12.8. The third-order valence-corrected chi connectivity index (χ3v) is 4.18. The van der Waals surface area contributed by atoms with Gasteiger partial charge in [0.05, 0.1) is 6.04 Å². The Balaban J connectivity index is 1.87. The van der Waals surface area contributed by atoms with Crippen LogP contribution < -0.4 is 11.5 Å². The van der Waals surface area contributed by atoms with E-state index in [4.69, 9.17) is 11.5 Å². The van der Waals surface area contributed by atoms with Crippen LogP contribution in [0.3, 0.4) is 0 Å². The maximum absolute atomic E-state index is 12.9. The Morgan fingerprint density at radius 3 is 2.62 bits per heavy atom. The summed E-state index contributed by atoms with van der Waals surface area (Å²) in [4.78, 5) is 4.49. The predicted octanol–water partition coefficient (Wildman–Crippen LogP) is 2.79. The number of nitrogens with zero attached hydrogens (tertiary/aromatic N) is 2. The average Bonchev–Trinajstić information content (AvgIpc) is 2.94. The van der Waals surface area contributed by atoms with Crippen LogP contribution in [0.25, 0.3) is 0 Å². The number of hydrogen-bond donors (Lipinski definition) is 2. The zero-order chi connectivity index (χ0) is 15.1. The van der Waals surface area contributed by atoms with Crippen molar-refractivity contribution in [2.75, 3.05) is 6.54 Å². The third kappa shape index (κ3) is 5.15. The molecule has 0 aliphatic carbocycles. The van der Waals surface area contributed by atoms with E-state index in [1.165, 1.54) is 23.7 Å². The van der Waals surface area contributed by atoms with Gasteiger partial charge in [-0.05, 0) is 48.6 Å². The summed E-state index contributed by atoms with van der Waals surface area (Å²) in [5.41, 5.74) is 12.6. The van der Waals surface area contributed by atoms with Gasteiger partial charge in [0.25, 0.3) is 0 Å². The number of halogens is 1. The van der Waals surface area contributed by atoms with E-state index in [9.17, 15) is 4.39 Å². The Morgan fingerprint density at radius 2 is 1.90 bits per heavy atom. The fourth-order valence-electron chi connectivity index (χ4n) is 2.08. The Morgan fingerprint density at radius 1 is 1.14 bits per heavy atom. The molecule has 0 saturated heterocycles. The first kappa shape index (κ1) is 16.0. The van der Waals surface area contributed by atoms with Crippen molar-refractivity contribution in [1.29, 1.82) is 0 Å². The summed E-state index contributed by atoms with van der Waals surface area (Å²) in [7, 11) is 0. The SMILES string of the molecule is NCCCCCC(N)c1nc(Cc2ccc(F)cc2)ns1. The van der Waals surface area contributed by atoms with Crippen molar-refractivity contribution in [3.63, 3.8) is 0 Å². The molecule has 1 aromatic heterocycles. The molecule has 4 nitrogen and oxygen atoms in total. The first-order valence-electron chi connectivity index (χ1n) is 7.21. The lowest BCUT2D eigenvalue weighted by molar-refractivity contribution is 0.570. The van der Waals surface area contributed by atoms with Gasteiger partial charge in [0, 0.05) is 6.42 Å². The van der Waals surface area contributed by atoms with Gasteiger partial charge >= 0.3 is 0 Å². The quantitative estimate of drug-likeness (QED) is 0.735. The number of nitrogens with two attached hydrogens (primary N) is 2. The number of hydrogen-bond acceptors (Lipinski definition) is 5. The summed E-state index contributed by atoms with van der Waals surface area (Å²) in [5, 5.41) is 0.875. The summed E-state index contributed by atoms with van der Waals surface area (Å²) < 4.78 is 17.2. The molecule has 21 heavy (non-hydrogen) atoms. The molecule has 6 heteroatoms. The highest BCUT2D eigenvalue weighted by molar-refractivity contribution is 7.05. The standard InChI is InChI=1S/C15H21FN4S/c16-12-7-5-11(6-8-12)10-14-19-15(21-20-14)13(18)4-2-1-3-9-17/h5-8,13H,1-4,9-10,17-18H2. The zero-order valence-electron chi connectivity index (χ0n) is 12.0. The van der Waals surface area contributed by atoms with E-state index in [-0.39, 0.29) is 11.9 Å². The second kappa shape index (κ2) is 8.17. The molecule has 2 rings (SSSR count). The lowest BCUT2D eigenvalue weighted by Gasteiger charge is -2.06. The maximum Gasteiger partial charge on any atom is 0.147 e. The maximum atomic E-state index is 12.9. The van der Waals surface area contributed by atoms with E-state index in [0.29, 0.717) is 6.42 Å². The number of benzene rings is 1. The molecule has 4 N–H and O–H groups in total. The minimum absolute atomic E-state index is 0.0535. The fourth-order valence-corrected chi connectivity index (χ4v) is 2.79. The van der Waals surface area contributed by atoms with Crippen molar-refractivity contribution in [3.05, 3.63) is 46.5 Å². The van der Waals surface area contributed by atoms with Gasteiger partial charge in [-0.3, -0.25) is 0 Å². The van der Waals surface area contributed by atoms with Crippen molar-refractivity contribution in [3.8, 4) is 0 Å². The van der Waals surface area contributed by atoms with Gasteiger partial charge in [0.1, 0.15) is 16.6 Å². The fraction of sp³-hybridized carbons (Fsp3) is 0.467. The van der Waals surface area contributed by atoms with Crippen LogP contribution in [-0.4, -0.2) is 15.9 Å². The van der Waals surface area contributed by atoms with Crippen molar-refractivity contribution >= 4 is 11.5 Å². The van der Waals surface area contributed by atoms with E-state index in [1.807, 2.05) is 0 Å². The smallest absolute Gasteiger partial charge is 0.147 e. The molecule has 1 unspecified atom stereocenters. The summed E-state index contributed by atoms with van der Waals surface area (Å²) in [6, 6.07) is 6.35. The molecule has 0 amide bonds.